The molecule has 4 N–H and O–H groups in total. The third-order valence-corrected chi connectivity index (χ3v) is 4.71. The van der Waals surface area contributed by atoms with Gasteiger partial charge in [-0.2, -0.15) is 0 Å². The van der Waals surface area contributed by atoms with E-state index in [-0.39, 0.29) is 0 Å². The van der Waals surface area contributed by atoms with E-state index in [1.54, 1.807) is 36.4 Å². The number of nitrogen functional groups attached to an aromatic ring is 1. The lowest BCUT2D eigenvalue weighted by Gasteiger charge is -2.14. The molecule has 0 bridgehead atoms. The predicted octanol–water partition coefficient (Wildman–Crippen LogP) is 2.15. The quantitative estimate of drug-likeness (QED) is 0.591. The summed E-state index contributed by atoms with van der Waals surface area (Å²) in [4.78, 5) is 14.4. The first kappa shape index (κ1) is 16.7. The molecule has 1 unspecified atom stereocenters. The molecule has 23 heavy (non-hydrogen) atoms. The fourth-order valence-corrected chi connectivity index (χ4v) is 2.94. The first-order chi connectivity index (χ1) is 10.8. The van der Waals surface area contributed by atoms with Gasteiger partial charge in [-0.25, -0.2) is 9.00 Å². The van der Waals surface area contributed by atoms with E-state index in [0.717, 1.165) is 5.69 Å². The zero-order chi connectivity index (χ0) is 17.0. The fourth-order valence-electron chi connectivity index (χ4n) is 1.90. The number of carbonyl (C=O) groups is 1. The van der Waals surface area contributed by atoms with Crippen LogP contribution in [0.15, 0.2) is 53.4 Å². The van der Waals surface area contributed by atoms with Gasteiger partial charge >= 0.3 is 6.03 Å². The van der Waals surface area contributed by atoms with Crippen LogP contribution in [0.25, 0.3) is 0 Å². The van der Waals surface area contributed by atoms with Gasteiger partial charge in [-0.15, -0.1) is 0 Å². The molecule has 2 rings (SSSR count). The lowest BCUT2D eigenvalue weighted by Crippen LogP contribution is -2.34. The van der Waals surface area contributed by atoms with Gasteiger partial charge in [0.25, 0.3) is 0 Å². The molecule has 0 aliphatic heterocycles. The number of rotatable bonds is 4. The van der Waals surface area contributed by atoms with Crippen molar-refractivity contribution in [3.8, 4) is 0 Å². The Kier molecular flexibility index (Phi) is 4.80. The van der Waals surface area contributed by atoms with E-state index in [1.165, 1.54) is 0 Å². The normalized spacial score (nSPS) is 13.0. The van der Waals surface area contributed by atoms with Crippen LogP contribution in [0.2, 0.25) is 0 Å². The molecule has 2 aromatic rings. The second-order valence-electron chi connectivity index (χ2n) is 5.24. The van der Waals surface area contributed by atoms with E-state index in [4.69, 9.17) is 5.73 Å². The highest BCUT2D eigenvalue weighted by Crippen LogP contribution is 2.16. The third kappa shape index (κ3) is 4.40. The van der Waals surface area contributed by atoms with Crippen molar-refractivity contribution in [2.24, 2.45) is 0 Å². The first-order valence-corrected chi connectivity index (χ1v) is 8.59. The zero-order valence-electron chi connectivity index (χ0n) is 13.1. The maximum atomic E-state index is 12.5. The summed E-state index contributed by atoms with van der Waals surface area (Å²) in [7, 11) is 0.917. The summed E-state index contributed by atoms with van der Waals surface area (Å²) in [6, 6.07) is 13.1. The van der Waals surface area contributed by atoms with Crippen LogP contribution in [0.1, 0.15) is 0 Å². The number of nitrogens with zero attached hydrogens (tertiary/aromatic N) is 1. The van der Waals surface area contributed by atoms with Crippen LogP contribution in [0.3, 0.4) is 0 Å². The van der Waals surface area contributed by atoms with Crippen molar-refractivity contribution in [1.29, 1.82) is 0 Å². The van der Waals surface area contributed by atoms with E-state index >= 15 is 0 Å². The lowest BCUT2D eigenvalue weighted by molar-refractivity contribution is 0.257. The molecule has 0 heterocycles. The minimum Gasteiger partial charge on any atom is -0.399 e. The number of nitrogens with one attached hydrogen (secondary N) is 2. The molecule has 0 aliphatic rings. The summed E-state index contributed by atoms with van der Waals surface area (Å²) in [6.07, 6.45) is 0. The molecule has 122 valence electrons. The second-order valence-corrected chi connectivity index (χ2v) is 7.27. The smallest absolute Gasteiger partial charge is 0.330 e. The zero-order valence-corrected chi connectivity index (χ0v) is 13.9. The van der Waals surface area contributed by atoms with E-state index in [1.807, 2.05) is 31.1 Å². The molecule has 0 fully saturated rings. The largest absolute Gasteiger partial charge is 0.399 e. The van der Waals surface area contributed by atoms with Crippen LogP contribution < -0.4 is 20.7 Å². The molecular weight excluding hydrogens is 312 g/mol. The van der Waals surface area contributed by atoms with Crippen molar-refractivity contribution in [1.82, 2.24) is 4.72 Å². The molecule has 1 atom stereocenters. The minimum absolute atomic E-state index is 0.407. The highest BCUT2D eigenvalue weighted by atomic mass is 32.2. The number of urea groups is 1. The summed E-state index contributed by atoms with van der Waals surface area (Å²) in [6.45, 7) is 0. The van der Waals surface area contributed by atoms with Crippen LogP contribution in [0.5, 0.6) is 0 Å². The van der Waals surface area contributed by atoms with Crippen LogP contribution in [-0.2, 0) is 9.71 Å². The average molecular weight is 332 g/mol. The Morgan fingerprint density at radius 3 is 2.17 bits per heavy atom. The monoisotopic (exact) mass is 332 g/mol. The molecule has 2 aromatic carbocycles. The Morgan fingerprint density at radius 1 is 1.09 bits per heavy atom. The van der Waals surface area contributed by atoms with Gasteiger partial charge in [0.2, 0.25) is 0 Å². The standard InChI is InChI=1S/C16H20N4O2S/c1-20(2)14-8-6-13(7-9-14)18-16(21)19-23(3,22)15-10-4-12(17)5-11-15/h4-11H,3,17H2,1-2H3,(H2,18,19,21,22). The van der Waals surface area contributed by atoms with Crippen LogP contribution in [0.4, 0.5) is 21.9 Å². The molecule has 0 radical (unpaired) electrons. The Balaban J connectivity index is 2.05. The maximum absolute atomic E-state index is 12.5. The summed E-state index contributed by atoms with van der Waals surface area (Å²) in [5.41, 5.74) is 7.75. The minimum atomic E-state index is -2.94. The van der Waals surface area contributed by atoms with Crippen LogP contribution >= 0.6 is 0 Å². The topological polar surface area (TPSA) is 87.5 Å². The number of nitrogens with two attached hydrogens (primary N) is 1. The predicted molar refractivity (Wildman–Crippen MR) is 97.3 cm³/mol. The highest BCUT2D eigenvalue weighted by molar-refractivity contribution is 7.99. The number of hydrogen-bond donors (Lipinski definition) is 3. The van der Waals surface area contributed by atoms with Crippen LogP contribution in [0, 0.1) is 0 Å². The Labute approximate surface area is 136 Å². The molecule has 0 saturated carbocycles. The van der Waals surface area contributed by atoms with Gasteiger partial charge in [0, 0.05) is 36.1 Å². The van der Waals surface area contributed by atoms with E-state index in [2.05, 4.69) is 15.9 Å². The maximum Gasteiger partial charge on any atom is 0.330 e. The molecular formula is C16H20N4O2S. The molecule has 6 nitrogen and oxygen atoms in total. The summed E-state index contributed by atoms with van der Waals surface area (Å²) < 4.78 is 14.9. The average Bonchev–Trinajstić information content (AvgIpc) is 2.47. The SMILES string of the molecule is C=S(=O)(NC(=O)Nc1ccc(N(C)C)cc1)c1ccc(N)cc1. The Bertz CT molecular complexity index is 782. The Hall–Kier alpha value is -2.67. The number of hydrogen-bond acceptors (Lipinski definition) is 4. The highest BCUT2D eigenvalue weighted by Gasteiger charge is 2.12. The lowest BCUT2D eigenvalue weighted by atomic mass is 10.2. The number of benzene rings is 2. The first-order valence-electron chi connectivity index (χ1n) is 6.87. The van der Waals surface area contributed by atoms with E-state index in [9.17, 15) is 9.00 Å². The van der Waals surface area contributed by atoms with Gasteiger partial charge in [-0.3, -0.25) is 4.72 Å². The van der Waals surface area contributed by atoms with Gasteiger partial charge in [0.05, 0.1) is 9.71 Å². The summed E-state index contributed by atoms with van der Waals surface area (Å²) >= 11 is 0. The van der Waals surface area contributed by atoms with Gasteiger partial charge in [0.1, 0.15) is 0 Å². The van der Waals surface area contributed by atoms with Crippen molar-refractivity contribution in [2.45, 2.75) is 4.90 Å². The third-order valence-electron chi connectivity index (χ3n) is 3.16. The second kappa shape index (κ2) is 6.62. The van der Waals surface area contributed by atoms with Crippen molar-refractivity contribution < 1.29 is 9.00 Å². The molecule has 0 aliphatic carbocycles. The molecule has 0 spiro atoms. The van der Waals surface area contributed by atoms with Crippen molar-refractivity contribution in [3.05, 3.63) is 48.5 Å². The van der Waals surface area contributed by atoms with Gasteiger partial charge < -0.3 is 16.0 Å². The van der Waals surface area contributed by atoms with E-state index in [0.29, 0.717) is 16.3 Å². The van der Waals surface area contributed by atoms with Crippen molar-refractivity contribution in [3.63, 3.8) is 0 Å². The van der Waals surface area contributed by atoms with Gasteiger partial charge in [0.15, 0.2) is 0 Å². The van der Waals surface area contributed by atoms with Crippen molar-refractivity contribution in [2.75, 3.05) is 30.0 Å². The Morgan fingerprint density at radius 2 is 1.65 bits per heavy atom. The van der Waals surface area contributed by atoms with E-state index < -0.39 is 15.7 Å². The summed E-state index contributed by atoms with van der Waals surface area (Å²) in [5.74, 6) is 3.60. The molecule has 7 heteroatoms. The molecule has 0 aromatic heterocycles. The van der Waals surface area contributed by atoms with Gasteiger partial charge in [-0.1, -0.05) is 0 Å². The van der Waals surface area contributed by atoms with Gasteiger partial charge in [-0.05, 0) is 54.4 Å². The number of carbonyl (C=O) groups excluding carboxylic acids is 1. The molecule has 0 saturated heterocycles. The number of anilines is 3. The van der Waals surface area contributed by atoms with Crippen molar-refractivity contribution >= 4 is 38.7 Å². The molecule has 2 amide bonds. The number of amides is 2. The van der Waals surface area contributed by atoms with Crippen LogP contribution in [-0.4, -0.2) is 30.2 Å². The fraction of sp³-hybridized carbons (Fsp3) is 0.125. The summed E-state index contributed by atoms with van der Waals surface area (Å²) in [5, 5.41) is 2.63.